The molecule has 0 fully saturated rings. The van der Waals surface area contributed by atoms with Crippen molar-refractivity contribution in [1.82, 2.24) is 4.98 Å². The van der Waals surface area contributed by atoms with Gasteiger partial charge in [-0.2, -0.15) is 5.26 Å². The fourth-order valence-corrected chi connectivity index (χ4v) is 1.57. The van der Waals surface area contributed by atoms with Crippen LogP contribution >= 0.6 is 0 Å². The summed E-state index contributed by atoms with van der Waals surface area (Å²) in [6.45, 7) is -4.83. The molecule has 2 rings (SSSR count). The molecule has 0 unspecified atom stereocenters. The van der Waals surface area contributed by atoms with Crippen molar-refractivity contribution in [2.45, 2.75) is 6.61 Å². The number of hydrogen-bond donors (Lipinski definition) is 0. The molecule has 0 aliphatic carbocycles. The van der Waals surface area contributed by atoms with E-state index in [0.717, 1.165) is 17.7 Å². The maximum atomic E-state index is 12.4. The Morgan fingerprint density at radius 2 is 1.81 bits per heavy atom. The predicted octanol–water partition coefficient (Wildman–Crippen LogP) is -0.409. The molecule has 0 saturated heterocycles. The molecule has 1 aromatic heterocycles. The Kier molecular flexibility index (Phi) is 6.90. The number of benzene rings is 1. The summed E-state index contributed by atoms with van der Waals surface area (Å²) in [5, 5.41) is 8.70. The van der Waals surface area contributed by atoms with Crippen LogP contribution in [-0.4, -0.2) is 12.0 Å². The van der Waals surface area contributed by atoms with Gasteiger partial charge in [0.2, 0.25) is 0 Å². The van der Waals surface area contributed by atoms with E-state index in [1.807, 2.05) is 6.07 Å². The fraction of sp³-hybridized carbons (Fsp3) is 0.0769. The van der Waals surface area contributed by atoms with Gasteiger partial charge in [0, 0.05) is 6.20 Å². The van der Waals surface area contributed by atoms with E-state index < -0.39 is 12.4 Å². The molecular weight excluding hydrogens is 307 g/mol. The Morgan fingerprint density at radius 1 is 1.14 bits per heavy atom. The van der Waals surface area contributed by atoms with Gasteiger partial charge in [-0.05, 0) is 29.8 Å². The second kappa shape index (κ2) is 7.96. The van der Waals surface area contributed by atoms with Gasteiger partial charge in [0.1, 0.15) is 24.1 Å². The minimum atomic E-state index is -4.99. The molecular formula is C13H9BF3KN2O. The maximum Gasteiger partial charge on any atom is 1.00 e. The molecule has 0 N–H and O–H groups in total. The standard InChI is InChI=1S/C13H9BF3N2O.K/c15-14(16,17)11-1-3-13(4-2-11)20-9-10-5-6-19-12(7-10)8-18;/h1-7H,9H2;/q-1;+1. The molecule has 102 valence electrons. The van der Waals surface area contributed by atoms with Gasteiger partial charge in [-0.15, -0.1) is 5.46 Å². The minimum absolute atomic E-state index is 0. The first-order valence-corrected chi connectivity index (χ1v) is 5.77. The number of ether oxygens (including phenoxy) is 1. The zero-order chi connectivity index (χ0) is 14.6. The number of pyridine rings is 1. The van der Waals surface area contributed by atoms with Crippen molar-refractivity contribution in [1.29, 1.82) is 5.26 Å². The third-order valence-corrected chi connectivity index (χ3v) is 2.60. The van der Waals surface area contributed by atoms with Crippen LogP contribution in [0.2, 0.25) is 0 Å². The first-order chi connectivity index (χ1) is 9.49. The normalized spacial score (nSPS) is 10.4. The Morgan fingerprint density at radius 3 is 2.38 bits per heavy atom. The second-order valence-corrected chi connectivity index (χ2v) is 4.09. The van der Waals surface area contributed by atoms with E-state index in [2.05, 4.69) is 4.98 Å². The van der Waals surface area contributed by atoms with Crippen molar-refractivity contribution in [3.05, 3.63) is 53.9 Å². The van der Waals surface area contributed by atoms with E-state index in [0.29, 0.717) is 5.75 Å². The van der Waals surface area contributed by atoms with Crippen molar-refractivity contribution in [2.24, 2.45) is 0 Å². The monoisotopic (exact) mass is 316 g/mol. The van der Waals surface area contributed by atoms with Crippen LogP contribution in [0.3, 0.4) is 0 Å². The number of halogens is 3. The molecule has 0 radical (unpaired) electrons. The van der Waals surface area contributed by atoms with Gasteiger partial charge in [0.05, 0.1) is 0 Å². The Bertz CT molecular complexity index is 641. The zero-order valence-corrected chi connectivity index (χ0v) is 14.4. The first kappa shape index (κ1) is 18.2. The van der Waals surface area contributed by atoms with Gasteiger partial charge < -0.3 is 17.7 Å². The summed E-state index contributed by atoms with van der Waals surface area (Å²) >= 11 is 0. The Balaban J connectivity index is 0.00000220. The molecule has 8 heteroatoms. The van der Waals surface area contributed by atoms with Gasteiger partial charge in [-0.1, -0.05) is 12.1 Å². The molecule has 0 atom stereocenters. The van der Waals surface area contributed by atoms with E-state index in [9.17, 15) is 12.9 Å². The minimum Gasteiger partial charge on any atom is -0.489 e. The quantitative estimate of drug-likeness (QED) is 0.721. The van der Waals surface area contributed by atoms with Crippen LogP contribution in [0.1, 0.15) is 11.3 Å². The van der Waals surface area contributed by atoms with Gasteiger partial charge in [0.15, 0.2) is 0 Å². The third kappa shape index (κ3) is 5.45. The van der Waals surface area contributed by atoms with Crippen LogP contribution in [0.4, 0.5) is 12.9 Å². The van der Waals surface area contributed by atoms with Gasteiger partial charge >= 0.3 is 58.4 Å². The molecule has 0 aliphatic heterocycles. The molecule has 2 aromatic rings. The van der Waals surface area contributed by atoms with Crippen LogP contribution in [0.25, 0.3) is 0 Å². The largest absolute Gasteiger partial charge is 1.00 e. The average molecular weight is 316 g/mol. The fourth-order valence-electron chi connectivity index (χ4n) is 1.57. The molecule has 0 amide bonds. The Hall–Kier alpha value is -0.849. The second-order valence-electron chi connectivity index (χ2n) is 4.09. The van der Waals surface area contributed by atoms with Gasteiger partial charge in [-0.25, -0.2) is 4.98 Å². The SMILES string of the molecule is N#Cc1cc(COc2ccc([B-](F)(F)F)cc2)ccn1.[K+]. The zero-order valence-electron chi connectivity index (χ0n) is 11.3. The number of rotatable bonds is 4. The number of nitriles is 1. The molecule has 0 spiro atoms. The molecule has 0 aliphatic rings. The predicted molar refractivity (Wildman–Crippen MR) is 68.4 cm³/mol. The average Bonchev–Trinajstić information content (AvgIpc) is 2.45. The summed E-state index contributed by atoms with van der Waals surface area (Å²) in [5.74, 6) is 0.337. The molecule has 1 aromatic carbocycles. The van der Waals surface area contributed by atoms with Gasteiger partial charge in [0.25, 0.3) is 0 Å². The molecule has 3 nitrogen and oxygen atoms in total. The van der Waals surface area contributed by atoms with Crippen molar-refractivity contribution in [2.75, 3.05) is 0 Å². The smallest absolute Gasteiger partial charge is 0.489 e. The van der Waals surface area contributed by atoms with Crippen LogP contribution in [0.15, 0.2) is 42.6 Å². The topological polar surface area (TPSA) is 45.9 Å². The van der Waals surface area contributed by atoms with E-state index in [4.69, 9.17) is 10.00 Å². The van der Waals surface area contributed by atoms with Gasteiger partial charge in [-0.3, -0.25) is 0 Å². The number of nitrogens with zero attached hydrogens (tertiary/aromatic N) is 2. The van der Waals surface area contributed by atoms with Crippen LogP contribution in [0, 0.1) is 11.3 Å². The van der Waals surface area contributed by atoms with Crippen LogP contribution in [-0.2, 0) is 6.61 Å². The van der Waals surface area contributed by atoms with Crippen molar-refractivity contribution < 1.29 is 69.1 Å². The summed E-state index contributed by atoms with van der Waals surface area (Å²) in [5.41, 5.74) is 0.329. The summed E-state index contributed by atoms with van der Waals surface area (Å²) < 4.78 is 42.7. The maximum absolute atomic E-state index is 12.4. The molecule has 0 saturated carbocycles. The summed E-state index contributed by atoms with van der Waals surface area (Å²) in [6.07, 6.45) is 1.48. The van der Waals surface area contributed by atoms with Crippen molar-refractivity contribution in [3.8, 4) is 11.8 Å². The third-order valence-electron chi connectivity index (χ3n) is 2.60. The molecule has 21 heavy (non-hydrogen) atoms. The first-order valence-electron chi connectivity index (χ1n) is 5.77. The van der Waals surface area contributed by atoms with Crippen molar-refractivity contribution in [3.63, 3.8) is 0 Å². The van der Waals surface area contributed by atoms with E-state index in [1.165, 1.54) is 18.3 Å². The van der Waals surface area contributed by atoms with E-state index in [1.54, 1.807) is 12.1 Å². The molecule has 0 bridgehead atoms. The summed E-state index contributed by atoms with van der Waals surface area (Å²) in [6, 6.07) is 9.66. The summed E-state index contributed by atoms with van der Waals surface area (Å²) in [7, 11) is 0. The van der Waals surface area contributed by atoms with Crippen LogP contribution in [0.5, 0.6) is 5.75 Å². The number of aromatic nitrogens is 1. The Labute approximate surface area is 162 Å². The van der Waals surface area contributed by atoms with Crippen molar-refractivity contribution >= 4 is 12.4 Å². The molecule has 1 heterocycles. The van der Waals surface area contributed by atoms with Crippen LogP contribution < -0.4 is 61.6 Å². The van der Waals surface area contributed by atoms with E-state index >= 15 is 0 Å². The number of hydrogen-bond acceptors (Lipinski definition) is 3. The summed E-state index contributed by atoms with van der Waals surface area (Å²) in [4.78, 5) is 3.81. The van der Waals surface area contributed by atoms with E-state index in [-0.39, 0.29) is 63.7 Å².